The summed E-state index contributed by atoms with van der Waals surface area (Å²) >= 11 is 0. The number of pyridine rings is 1. The number of para-hydroxylation sites is 2. The Morgan fingerprint density at radius 1 is 1.03 bits per heavy atom. The molecule has 0 spiro atoms. The average Bonchev–Trinajstić information content (AvgIpc) is 2.83. The van der Waals surface area contributed by atoms with Gasteiger partial charge in [0.15, 0.2) is 0 Å². The molecule has 0 saturated carbocycles. The number of benzene rings is 3. The van der Waals surface area contributed by atoms with Crippen molar-refractivity contribution in [2.75, 3.05) is 44.9 Å². The van der Waals surface area contributed by atoms with E-state index in [1.54, 1.807) is 31.4 Å². The lowest BCUT2D eigenvalue weighted by atomic mass is 10.0. The minimum absolute atomic E-state index is 0.198. The Balaban J connectivity index is 1.85. The molecule has 0 aliphatic heterocycles. The molecule has 9 heteroatoms. The number of amides is 2. The highest BCUT2D eigenvalue weighted by atomic mass is 16.5. The van der Waals surface area contributed by atoms with E-state index in [9.17, 15) is 9.59 Å². The molecule has 0 unspecified atom stereocenters. The predicted octanol–water partition coefficient (Wildman–Crippen LogP) is 4.52. The highest BCUT2D eigenvalue weighted by Gasteiger charge is 2.17. The minimum Gasteiger partial charge on any atom is -0.495 e. The van der Waals surface area contributed by atoms with Crippen molar-refractivity contribution in [1.29, 1.82) is 0 Å². The Kier molecular flexibility index (Phi) is 6.98. The van der Waals surface area contributed by atoms with Crippen molar-refractivity contribution in [3.05, 3.63) is 66.2 Å². The van der Waals surface area contributed by atoms with Crippen LogP contribution in [0.3, 0.4) is 0 Å². The Hall–Kier alpha value is -4.37. The molecule has 9 nitrogen and oxygen atoms in total. The summed E-state index contributed by atoms with van der Waals surface area (Å²) < 4.78 is 5.51. The number of hydrogen-bond donors (Lipinski definition) is 4. The number of hydrogen-bond acceptors (Lipinski definition) is 6. The molecule has 180 valence electrons. The van der Waals surface area contributed by atoms with E-state index in [1.807, 2.05) is 55.4 Å². The number of carbonyl (C=O) groups excluding carboxylic acids is 1. The first-order valence-corrected chi connectivity index (χ1v) is 11.1. The Labute approximate surface area is 202 Å². The molecule has 0 bridgehead atoms. The van der Waals surface area contributed by atoms with E-state index in [0.717, 1.165) is 28.5 Å². The van der Waals surface area contributed by atoms with Gasteiger partial charge >= 0.3 is 6.09 Å². The van der Waals surface area contributed by atoms with Gasteiger partial charge in [-0.25, -0.2) is 9.78 Å². The van der Waals surface area contributed by atoms with Crippen molar-refractivity contribution in [3.8, 4) is 5.75 Å². The van der Waals surface area contributed by atoms with Gasteiger partial charge in [-0.05, 0) is 44.4 Å². The molecule has 4 N–H and O–H groups in total. The van der Waals surface area contributed by atoms with Crippen LogP contribution in [-0.4, -0.2) is 61.3 Å². The average molecular weight is 474 g/mol. The number of methoxy groups -OCH3 is 1. The monoisotopic (exact) mass is 473 g/mol. The number of fused-ring (bicyclic) bond motifs is 2. The number of anilines is 3. The van der Waals surface area contributed by atoms with Crippen molar-refractivity contribution < 1.29 is 19.4 Å². The number of nitrogens with zero attached hydrogens (tertiary/aromatic N) is 2. The van der Waals surface area contributed by atoms with Gasteiger partial charge in [0.05, 0.1) is 35.1 Å². The maximum atomic E-state index is 13.0. The normalized spacial score (nSPS) is 11.0. The van der Waals surface area contributed by atoms with Crippen LogP contribution in [0, 0.1) is 0 Å². The first kappa shape index (κ1) is 23.8. The molecule has 0 atom stereocenters. The van der Waals surface area contributed by atoms with Crippen LogP contribution in [0.5, 0.6) is 5.75 Å². The van der Waals surface area contributed by atoms with E-state index in [4.69, 9.17) is 14.8 Å². The maximum absolute atomic E-state index is 13.0. The van der Waals surface area contributed by atoms with Crippen molar-refractivity contribution in [2.45, 2.75) is 0 Å². The van der Waals surface area contributed by atoms with Gasteiger partial charge in [-0.3, -0.25) is 10.1 Å². The van der Waals surface area contributed by atoms with Gasteiger partial charge < -0.3 is 25.4 Å². The van der Waals surface area contributed by atoms with Crippen molar-refractivity contribution in [1.82, 2.24) is 15.2 Å². The van der Waals surface area contributed by atoms with E-state index >= 15 is 0 Å². The molecule has 0 aliphatic rings. The van der Waals surface area contributed by atoms with Crippen LogP contribution in [0.4, 0.5) is 21.9 Å². The molecule has 4 aromatic rings. The summed E-state index contributed by atoms with van der Waals surface area (Å²) in [5, 5.41) is 19.5. The lowest BCUT2D eigenvalue weighted by Gasteiger charge is -2.18. The number of nitrogens with one attached hydrogen (secondary N) is 3. The van der Waals surface area contributed by atoms with Gasteiger partial charge in [0.25, 0.3) is 5.91 Å². The Morgan fingerprint density at radius 2 is 1.80 bits per heavy atom. The second kappa shape index (κ2) is 10.3. The number of aromatic nitrogens is 1. The van der Waals surface area contributed by atoms with E-state index < -0.39 is 6.09 Å². The predicted molar refractivity (Wildman–Crippen MR) is 138 cm³/mol. The molecule has 1 aromatic heterocycles. The summed E-state index contributed by atoms with van der Waals surface area (Å²) in [6, 6.07) is 18.1. The van der Waals surface area contributed by atoms with E-state index in [2.05, 4.69) is 16.0 Å². The SMILES string of the molecule is COc1ccc(NC(=O)O)cc1Nc1c2ccccc2nc2c(C(=O)NCCN(C)C)cccc12. The van der Waals surface area contributed by atoms with Gasteiger partial charge in [0.2, 0.25) is 0 Å². The molecular weight excluding hydrogens is 446 g/mol. The van der Waals surface area contributed by atoms with E-state index in [0.29, 0.717) is 34.7 Å². The molecule has 3 aromatic carbocycles. The van der Waals surface area contributed by atoms with E-state index in [-0.39, 0.29) is 5.91 Å². The topological polar surface area (TPSA) is 116 Å². The lowest BCUT2D eigenvalue weighted by molar-refractivity contribution is 0.0952. The lowest BCUT2D eigenvalue weighted by Crippen LogP contribution is -2.31. The summed E-state index contributed by atoms with van der Waals surface area (Å²) in [5.41, 5.74) is 3.45. The molecular formula is C26H27N5O4. The largest absolute Gasteiger partial charge is 0.495 e. The van der Waals surface area contributed by atoms with Gasteiger partial charge in [-0.15, -0.1) is 0 Å². The maximum Gasteiger partial charge on any atom is 0.409 e. The van der Waals surface area contributed by atoms with Crippen LogP contribution in [0.2, 0.25) is 0 Å². The highest BCUT2D eigenvalue weighted by Crippen LogP contribution is 2.38. The highest BCUT2D eigenvalue weighted by molar-refractivity contribution is 6.15. The summed E-state index contributed by atoms with van der Waals surface area (Å²) in [6.45, 7) is 1.24. The third-order valence-corrected chi connectivity index (χ3v) is 5.51. The second-order valence-electron chi connectivity index (χ2n) is 8.24. The van der Waals surface area contributed by atoms with Crippen LogP contribution in [-0.2, 0) is 0 Å². The van der Waals surface area contributed by atoms with Crippen LogP contribution in [0.25, 0.3) is 21.8 Å². The molecule has 4 rings (SSSR count). The third kappa shape index (κ3) is 5.25. The van der Waals surface area contributed by atoms with Crippen LogP contribution < -0.4 is 20.7 Å². The molecule has 35 heavy (non-hydrogen) atoms. The van der Waals surface area contributed by atoms with Gasteiger partial charge in [-0.2, -0.15) is 0 Å². The zero-order chi connectivity index (χ0) is 24.9. The number of carboxylic acid groups (broad SMARTS) is 1. The molecule has 0 fully saturated rings. The van der Waals surface area contributed by atoms with Crippen LogP contribution >= 0.6 is 0 Å². The zero-order valence-corrected chi connectivity index (χ0v) is 19.8. The zero-order valence-electron chi connectivity index (χ0n) is 19.8. The molecule has 0 aliphatic carbocycles. The fraction of sp³-hybridized carbons (Fsp3) is 0.192. The summed E-state index contributed by atoms with van der Waals surface area (Å²) in [4.78, 5) is 31.0. The standard InChI is InChI=1S/C26H27N5O4/c1-31(2)14-13-27-25(32)19-9-6-8-18-23(17-7-4-5-10-20(17)29-24(18)19)30-21-15-16(28-26(33)34)11-12-22(21)35-3/h4-12,15,28H,13-14H2,1-3H3,(H,27,32)(H,29,30)(H,33,34). The van der Waals surface area contributed by atoms with Gasteiger partial charge in [0, 0.05) is 29.5 Å². The van der Waals surface area contributed by atoms with Crippen LogP contribution in [0.15, 0.2) is 60.7 Å². The summed E-state index contributed by atoms with van der Waals surface area (Å²) in [6.07, 6.45) is -1.16. The number of rotatable bonds is 8. The number of carbonyl (C=O) groups is 2. The molecule has 2 amide bonds. The first-order valence-electron chi connectivity index (χ1n) is 11.1. The molecule has 1 heterocycles. The first-order chi connectivity index (χ1) is 16.9. The quantitative estimate of drug-likeness (QED) is 0.278. The van der Waals surface area contributed by atoms with E-state index in [1.165, 1.54) is 0 Å². The molecule has 0 saturated heterocycles. The third-order valence-electron chi connectivity index (χ3n) is 5.51. The summed E-state index contributed by atoms with van der Waals surface area (Å²) in [7, 11) is 5.44. The fourth-order valence-electron chi connectivity index (χ4n) is 3.86. The van der Waals surface area contributed by atoms with Gasteiger partial charge in [0.1, 0.15) is 5.75 Å². The van der Waals surface area contributed by atoms with Gasteiger partial charge in [-0.1, -0.05) is 30.3 Å². The Bertz CT molecular complexity index is 1400. The smallest absolute Gasteiger partial charge is 0.409 e. The van der Waals surface area contributed by atoms with Crippen LogP contribution in [0.1, 0.15) is 10.4 Å². The fourth-order valence-corrected chi connectivity index (χ4v) is 3.86. The summed E-state index contributed by atoms with van der Waals surface area (Å²) in [5.74, 6) is 0.337. The van der Waals surface area contributed by atoms with Crippen molar-refractivity contribution in [2.24, 2.45) is 0 Å². The second-order valence-corrected chi connectivity index (χ2v) is 8.24. The van der Waals surface area contributed by atoms with Crippen molar-refractivity contribution >= 4 is 50.9 Å². The Morgan fingerprint density at radius 3 is 2.54 bits per heavy atom. The minimum atomic E-state index is -1.16. The van der Waals surface area contributed by atoms with Crippen molar-refractivity contribution in [3.63, 3.8) is 0 Å². The number of likely N-dealkylation sites (N-methyl/N-ethyl adjacent to an activating group) is 1. The molecule has 0 radical (unpaired) electrons. The number of ether oxygens (including phenoxy) is 1.